The number of unbranched alkanes of at least 4 members (excludes halogenated alkanes) is 2. The molecule has 0 spiro atoms. The summed E-state index contributed by atoms with van der Waals surface area (Å²) in [5.41, 5.74) is 2.58. The Morgan fingerprint density at radius 1 is 1.05 bits per heavy atom. The van der Waals surface area contributed by atoms with Crippen molar-refractivity contribution in [1.29, 1.82) is 0 Å². The molecule has 3 unspecified atom stereocenters. The van der Waals surface area contributed by atoms with E-state index in [2.05, 4.69) is 39.6 Å². The SMILES string of the molecule is CCCCN(CCCC)CC(C(=O)Nc1ccc([NH+]([O-])O)cc1[NH+]([O-])O)/C(C)=N\NC(=O)c1ccncc1. The Labute approximate surface area is 221 Å². The quantitative estimate of drug-likeness (QED) is 0.146. The maximum Gasteiger partial charge on any atom is 0.271 e. The molecule has 2 aromatic rings. The molecule has 0 aliphatic carbocycles. The highest BCUT2D eigenvalue weighted by Crippen LogP contribution is 2.22. The van der Waals surface area contributed by atoms with Crippen LogP contribution < -0.4 is 21.2 Å². The Hall–Kier alpha value is -3.30. The van der Waals surface area contributed by atoms with Crippen LogP contribution in [0.4, 0.5) is 17.1 Å². The van der Waals surface area contributed by atoms with Crippen molar-refractivity contribution < 1.29 is 30.5 Å². The molecule has 0 radical (unpaired) electrons. The number of anilines is 1. The topological polar surface area (TPSA) is 182 Å². The zero-order chi connectivity index (χ0) is 28.1. The van der Waals surface area contributed by atoms with Gasteiger partial charge in [-0.25, -0.2) is 15.8 Å². The van der Waals surface area contributed by atoms with Crippen molar-refractivity contribution in [2.45, 2.75) is 46.5 Å². The molecule has 2 amide bonds. The largest absolute Gasteiger partial charge is 0.595 e. The zero-order valence-corrected chi connectivity index (χ0v) is 21.9. The lowest BCUT2D eigenvalue weighted by Crippen LogP contribution is -3.00. The summed E-state index contributed by atoms with van der Waals surface area (Å²) in [6.45, 7) is 7.63. The molecule has 6 N–H and O–H groups in total. The summed E-state index contributed by atoms with van der Waals surface area (Å²) in [5, 5.41) is 46.1. The molecule has 0 fully saturated rings. The van der Waals surface area contributed by atoms with Crippen LogP contribution in [-0.2, 0) is 4.79 Å². The van der Waals surface area contributed by atoms with Gasteiger partial charge in [0.05, 0.1) is 12.0 Å². The van der Waals surface area contributed by atoms with Crippen LogP contribution in [-0.4, -0.2) is 57.5 Å². The number of pyridine rings is 1. The Morgan fingerprint density at radius 3 is 2.24 bits per heavy atom. The third-order valence-electron chi connectivity index (χ3n) is 5.95. The van der Waals surface area contributed by atoms with Crippen LogP contribution in [0.3, 0.4) is 0 Å². The number of nitrogens with one attached hydrogen (secondary N) is 4. The molecule has 13 nitrogen and oxygen atoms in total. The second kappa shape index (κ2) is 15.8. The van der Waals surface area contributed by atoms with Gasteiger partial charge in [0, 0.05) is 36.3 Å². The Morgan fingerprint density at radius 2 is 1.68 bits per heavy atom. The van der Waals surface area contributed by atoms with Crippen molar-refractivity contribution in [3.8, 4) is 0 Å². The minimum atomic E-state index is -1.37. The van der Waals surface area contributed by atoms with Crippen molar-refractivity contribution in [2.24, 2.45) is 11.0 Å². The second-order valence-corrected chi connectivity index (χ2v) is 8.85. The minimum Gasteiger partial charge on any atom is -0.595 e. The summed E-state index contributed by atoms with van der Waals surface area (Å²) < 4.78 is 0. The van der Waals surface area contributed by atoms with E-state index < -0.39 is 28.2 Å². The molecular formula is C25H37N7O6. The first-order valence-electron chi connectivity index (χ1n) is 12.6. The number of carbonyl (C=O) groups excluding carboxylic acids is 2. The molecule has 3 atom stereocenters. The molecule has 0 bridgehead atoms. The molecule has 1 aromatic carbocycles. The fourth-order valence-corrected chi connectivity index (χ4v) is 3.69. The molecule has 1 aromatic heterocycles. The average Bonchev–Trinajstić information content (AvgIpc) is 2.91. The van der Waals surface area contributed by atoms with Gasteiger partial charge in [0.1, 0.15) is 5.69 Å². The van der Waals surface area contributed by atoms with E-state index in [1.165, 1.54) is 36.7 Å². The number of quaternary nitrogens is 2. The van der Waals surface area contributed by atoms with Crippen LogP contribution in [0.2, 0.25) is 0 Å². The number of hydrazone groups is 1. The summed E-state index contributed by atoms with van der Waals surface area (Å²) in [6, 6.07) is 6.56. The van der Waals surface area contributed by atoms with Gasteiger partial charge in [-0.3, -0.25) is 14.6 Å². The van der Waals surface area contributed by atoms with Crippen molar-refractivity contribution >= 4 is 34.6 Å². The van der Waals surface area contributed by atoms with Crippen molar-refractivity contribution in [2.75, 3.05) is 25.0 Å². The van der Waals surface area contributed by atoms with Crippen LogP contribution in [0, 0.1) is 16.3 Å². The molecule has 0 saturated heterocycles. The third-order valence-corrected chi connectivity index (χ3v) is 5.95. The summed E-state index contributed by atoms with van der Waals surface area (Å²) in [5.74, 6) is -1.80. The summed E-state index contributed by atoms with van der Waals surface area (Å²) >= 11 is 0. The Balaban J connectivity index is 2.34. The highest BCUT2D eigenvalue weighted by Gasteiger charge is 2.27. The molecule has 38 heavy (non-hydrogen) atoms. The van der Waals surface area contributed by atoms with Crippen molar-refractivity contribution in [3.63, 3.8) is 0 Å². The molecule has 0 aliphatic heterocycles. The van der Waals surface area contributed by atoms with Gasteiger partial charge in [-0.05, 0) is 51.1 Å². The smallest absolute Gasteiger partial charge is 0.271 e. The fourth-order valence-electron chi connectivity index (χ4n) is 3.69. The molecule has 1 heterocycles. The van der Waals surface area contributed by atoms with E-state index in [0.717, 1.165) is 44.8 Å². The number of amides is 2. The minimum absolute atomic E-state index is 0.0280. The number of hydrogen-bond acceptors (Lipinski definition) is 9. The van der Waals surface area contributed by atoms with Gasteiger partial charge in [-0.15, -0.1) is 0 Å². The van der Waals surface area contributed by atoms with E-state index >= 15 is 0 Å². The third kappa shape index (κ3) is 9.54. The standard InChI is InChI=1S/C25H37N7O6/c1-4-6-14-30(15-7-5-2)17-21(18(3)28-29-24(33)19-10-12-26-13-11-19)25(34)27-22-9-8-20(31(35)36)16-23(22)32(37)38/h8-13,16,21,31-32,35,37H,4-7,14-15,17H2,1-3H3,(H,27,34)(H,29,33)/b28-18-. The van der Waals surface area contributed by atoms with Crippen LogP contribution in [0.5, 0.6) is 0 Å². The molecule has 2 rings (SSSR count). The normalized spacial score (nSPS) is 14.2. The predicted molar refractivity (Wildman–Crippen MR) is 141 cm³/mol. The maximum absolute atomic E-state index is 13.5. The average molecular weight is 532 g/mol. The van der Waals surface area contributed by atoms with E-state index in [4.69, 9.17) is 0 Å². The Kier molecular flexibility index (Phi) is 12.9. The monoisotopic (exact) mass is 531 g/mol. The summed E-state index contributed by atoms with van der Waals surface area (Å²) in [4.78, 5) is 32.0. The van der Waals surface area contributed by atoms with E-state index in [0.29, 0.717) is 17.8 Å². The van der Waals surface area contributed by atoms with Crippen molar-refractivity contribution in [1.82, 2.24) is 15.3 Å². The Bertz CT molecular complexity index is 1060. The van der Waals surface area contributed by atoms with E-state index in [-0.39, 0.29) is 17.1 Å². The summed E-state index contributed by atoms with van der Waals surface area (Å²) in [7, 11) is 0. The fraction of sp³-hybridized carbons (Fsp3) is 0.440. The first-order chi connectivity index (χ1) is 18.2. The number of rotatable bonds is 15. The molecule has 208 valence electrons. The van der Waals surface area contributed by atoms with Crippen LogP contribution in [0.25, 0.3) is 0 Å². The molecule has 13 heteroatoms. The molecular weight excluding hydrogens is 494 g/mol. The lowest BCUT2D eigenvalue weighted by molar-refractivity contribution is -0.996. The number of benzene rings is 1. The number of aromatic nitrogens is 1. The van der Waals surface area contributed by atoms with Crippen LogP contribution in [0.15, 0.2) is 47.8 Å². The van der Waals surface area contributed by atoms with Gasteiger partial charge < -0.3 is 20.6 Å². The van der Waals surface area contributed by atoms with Crippen LogP contribution in [0.1, 0.15) is 56.8 Å². The highest BCUT2D eigenvalue weighted by molar-refractivity contribution is 6.09. The highest BCUT2D eigenvalue weighted by atomic mass is 16.8. The summed E-state index contributed by atoms with van der Waals surface area (Å²) in [6.07, 6.45) is 6.80. The second-order valence-electron chi connectivity index (χ2n) is 8.85. The van der Waals surface area contributed by atoms with Crippen molar-refractivity contribution in [3.05, 3.63) is 58.7 Å². The van der Waals surface area contributed by atoms with Gasteiger partial charge in [0.15, 0.2) is 11.4 Å². The lowest BCUT2D eigenvalue weighted by atomic mass is 10.0. The number of carbonyl (C=O) groups is 2. The van der Waals surface area contributed by atoms with Crippen LogP contribution >= 0.6 is 0 Å². The molecule has 0 aliphatic rings. The van der Waals surface area contributed by atoms with E-state index in [1.807, 2.05) is 0 Å². The lowest BCUT2D eigenvalue weighted by Gasteiger charge is -2.27. The van der Waals surface area contributed by atoms with Gasteiger partial charge >= 0.3 is 0 Å². The van der Waals surface area contributed by atoms with Gasteiger partial charge in [-0.1, -0.05) is 26.7 Å². The van der Waals surface area contributed by atoms with Gasteiger partial charge in [-0.2, -0.15) is 15.6 Å². The molecule has 0 saturated carbocycles. The van der Waals surface area contributed by atoms with E-state index in [9.17, 15) is 30.4 Å². The predicted octanol–water partition coefficient (Wildman–Crippen LogP) is 1.15. The first kappa shape index (κ1) is 30.9. The van der Waals surface area contributed by atoms with Gasteiger partial charge in [0.25, 0.3) is 5.91 Å². The number of hydrogen-bond donors (Lipinski definition) is 6. The maximum atomic E-state index is 13.5. The number of nitrogens with zero attached hydrogens (tertiary/aromatic N) is 3. The van der Waals surface area contributed by atoms with Gasteiger partial charge in [0.2, 0.25) is 5.91 Å². The zero-order valence-electron chi connectivity index (χ0n) is 21.9. The van der Waals surface area contributed by atoms with E-state index in [1.54, 1.807) is 6.92 Å². The first-order valence-corrected chi connectivity index (χ1v) is 12.6.